The lowest BCUT2D eigenvalue weighted by molar-refractivity contribution is 0.308. The summed E-state index contributed by atoms with van der Waals surface area (Å²) in [5.74, 6) is 0. The maximum absolute atomic E-state index is 3.50. The van der Waals surface area contributed by atoms with Gasteiger partial charge in [-0.15, -0.1) is 0 Å². The van der Waals surface area contributed by atoms with E-state index in [9.17, 15) is 0 Å². The number of nitrogens with zero attached hydrogens (tertiary/aromatic N) is 1. The maximum Gasteiger partial charge on any atom is 0.0340 e. The minimum Gasteiger partial charge on any atom is -0.385 e. The second kappa shape index (κ2) is 9.26. The molecule has 2 heteroatoms. The molecule has 0 bridgehead atoms. The zero-order chi connectivity index (χ0) is 15.6. The highest BCUT2D eigenvalue weighted by molar-refractivity contribution is 5.44. The van der Waals surface area contributed by atoms with E-state index in [1.54, 1.807) is 0 Å². The fourth-order valence-electron chi connectivity index (χ4n) is 2.61. The van der Waals surface area contributed by atoms with Crippen LogP contribution in [0.15, 0.2) is 54.6 Å². The molecule has 0 amide bonds. The van der Waals surface area contributed by atoms with Gasteiger partial charge in [0.2, 0.25) is 0 Å². The molecule has 1 N–H and O–H groups in total. The first kappa shape index (κ1) is 16.6. The summed E-state index contributed by atoms with van der Waals surface area (Å²) in [5, 5.41) is 3.50. The Morgan fingerprint density at radius 1 is 0.773 bits per heavy atom. The van der Waals surface area contributed by atoms with Crippen molar-refractivity contribution < 1.29 is 0 Å². The van der Waals surface area contributed by atoms with Crippen molar-refractivity contribution in [1.29, 1.82) is 0 Å². The van der Waals surface area contributed by atoms with Crippen LogP contribution in [-0.2, 0) is 12.8 Å². The second-order valence-corrected chi connectivity index (χ2v) is 5.64. The van der Waals surface area contributed by atoms with Gasteiger partial charge in [-0.1, -0.05) is 56.3 Å². The fraction of sp³-hybridized carbons (Fsp3) is 0.400. The topological polar surface area (TPSA) is 15.3 Å². The molecule has 2 aromatic carbocycles. The minimum atomic E-state index is 0.975. The summed E-state index contributed by atoms with van der Waals surface area (Å²) in [5.41, 5.74) is 4.01. The molecule has 118 valence electrons. The SMILES string of the molecule is CCN(CC)CCc1ccc(NCCc2ccccc2)cc1. The average molecular weight is 296 g/mol. The van der Waals surface area contributed by atoms with Gasteiger partial charge in [-0.3, -0.25) is 0 Å². The molecule has 0 radical (unpaired) electrons. The van der Waals surface area contributed by atoms with E-state index in [0.29, 0.717) is 0 Å². The monoisotopic (exact) mass is 296 g/mol. The molecule has 0 saturated heterocycles. The van der Waals surface area contributed by atoms with Crippen LogP contribution >= 0.6 is 0 Å². The van der Waals surface area contributed by atoms with Gasteiger partial charge in [-0.2, -0.15) is 0 Å². The van der Waals surface area contributed by atoms with Gasteiger partial charge in [0.05, 0.1) is 0 Å². The number of hydrogen-bond donors (Lipinski definition) is 1. The number of benzene rings is 2. The molecule has 0 aliphatic carbocycles. The van der Waals surface area contributed by atoms with Crippen LogP contribution in [-0.4, -0.2) is 31.1 Å². The normalized spacial score (nSPS) is 10.9. The predicted molar refractivity (Wildman–Crippen MR) is 96.6 cm³/mol. The van der Waals surface area contributed by atoms with E-state index in [0.717, 1.165) is 39.0 Å². The van der Waals surface area contributed by atoms with Crippen molar-refractivity contribution in [1.82, 2.24) is 4.90 Å². The third-order valence-electron chi connectivity index (χ3n) is 4.15. The predicted octanol–water partition coefficient (Wildman–Crippen LogP) is 4.23. The molecular formula is C20H28N2. The smallest absolute Gasteiger partial charge is 0.0340 e. The fourth-order valence-corrected chi connectivity index (χ4v) is 2.61. The number of nitrogens with one attached hydrogen (secondary N) is 1. The summed E-state index contributed by atoms with van der Waals surface area (Å²) in [6.07, 6.45) is 2.19. The van der Waals surface area contributed by atoms with E-state index in [1.165, 1.54) is 16.8 Å². The molecule has 0 saturated carbocycles. The number of hydrogen-bond acceptors (Lipinski definition) is 2. The first-order chi connectivity index (χ1) is 10.8. The van der Waals surface area contributed by atoms with Gasteiger partial charge in [0, 0.05) is 18.8 Å². The summed E-state index contributed by atoms with van der Waals surface area (Å²) < 4.78 is 0. The number of likely N-dealkylation sites (N-methyl/N-ethyl adjacent to an activating group) is 1. The van der Waals surface area contributed by atoms with E-state index in [1.807, 2.05) is 0 Å². The summed E-state index contributed by atoms with van der Waals surface area (Å²) in [4.78, 5) is 2.46. The maximum atomic E-state index is 3.50. The lowest BCUT2D eigenvalue weighted by Crippen LogP contribution is -2.25. The third kappa shape index (κ3) is 5.53. The van der Waals surface area contributed by atoms with E-state index in [-0.39, 0.29) is 0 Å². The van der Waals surface area contributed by atoms with Crippen LogP contribution in [0.1, 0.15) is 25.0 Å². The van der Waals surface area contributed by atoms with Crippen LogP contribution in [0.3, 0.4) is 0 Å². The molecule has 2 nitrogen and oxygen atoms in total. The summed E-state index contributed by atoms with van der Waals surface area (Å²) in [7, 11) is 0. The van der Waals surface area contributed by atoms with Gasteiger partial charge >= 0.3 is 0 Å². The Morgan fingerprint density at radius 2 is 1.41 bits per heavy atom. The van der Waals surface area contributed by atoms with Gasteiger partial charge in [0.25, 0.3) is 0 Å². The Balaban J connectivity index is 1.74. The molecule has 2 rings (SSSR count). The lowest BCUT2D eigenvalue weighted by atomic mass is 10.1. The zero-order valence-corrected chi connectivity index (χ0v) is 13.9. The quantitative estimate of drug-likeness (QED) is 0.745. The Hall–Kier alpha value is -1.80. The molecule has 0 heterocycles. The van der Waals surface area contributed by atoms with Gasteiger partial charge in [-0.05, 0) is 49.2 Å². The molecule has 0 aliphatic heterocycles. The van der Waals surface area contributed by atoms with Crippen molar-refractivity contribution in [3.63, 3.8) is 0 Å². The van der Waals surface area contributed by atoms with Gasteiger partial charge in [0.15, 0.2) is 0 Å². The average Bonchev–Trinajstić information content (AvgIpc) is 2.58. The van der Waals surface area contributed by atoms with E-state index >= 15 is 0 Å². The lowest BCUT2D eigenvalue weighted by Gasteiger charge is -2.17. The largest absolute Gasteiger partial charge is 0.385 e. The van der Waals surface area contributed by atoms with Crippen LogP contribution < -0.4 is 5.32 Å². The molecule has 0 aliphatic rings. The van der Waals surface area contributed by atoms with Crippen molar-refractivity contribution in [3.05, 3.63) is 65.7 Å². The molecule has 0 atom stereocenters. The van der Waals surface area contributed by atoms with Crippen LogP contribution in [0.2, 0.25) is 0 Å². The highest BCUT2D eigenvalue weighted by Crippen LogP contribution is 2.11. The van der Waals surface area contributed by atoms with E-state index < -0.39 is 0 Å². The van der Waals surface area contributed by atoms with Crippen LogP contribution in [0.5, 0.6) is 0 Å². The van der Waals surface area contributed by atoms with Crippen molar-refractivity contribution in [2.75, 3.05) is 31.5 Å². The zero-order valence-electron chi connectivity index (χ0n) is 13.9. The summed E-state index contributed by atoms with van der Waals surface area (Å²) >= 11 is 0. The molecular weight excluding hydrogens is 268 g/mol. The standard InChI is InChI=1S/C20H28N2/c1-3-22(4-2)17-15-19-10-12-20(13-11-19)21-16-14-18-8-6-5-7-9-18/h5-13,21H,3-4,14-17H2,1-2H3. The molecule has 0 spiro atoms. The van der Waals surface area contributed by atoms with Crippen LogP contribution in [0.25, 0.3) is 0 Å². The van der Waals surface area contributed by atoms with Gasteiger partial charge < -0.3 is 10.2 Å². The third-order valence-corrected chi connectivity index (χ3v) is 4.15. The Bertz CT molecular complexity index is 515. The Labute approximate surface area is 135 Å². The van der Waals surface area contributed by atoms with Crippen molar-refractivity contribution in [3.8, 4) is 0 Å². The van der Waals surface area contributed by atoms with Gasteiger partial charge in [0.1, 0.15) is 0 Å². The molecule has 0 unspecified atom stereocenters. The Kier molecular flexibility index (Phi) is 6.98. The molecule has 0 fully saturated rings. The first-order valence-electron chi connectivity index (χ1n) is 8.41. The first-order valence-corrected chi connectivity index (χ1v) is 8.41. The molecule has 0 aromatic heterocycles. The van der Waals surface area contributed by atoms with Crippen LogP contribution in [0, 0.1) is 0 Å². The summed E-state index contributed by atoms with van der Waals surface area (Å²) in [6, 6.07) is 19.5. The van der Waals surface area contributed by atoms with E-state index in [4.69, 9.17) is 0 Å². The second-order valence-electron chi connectivity index (χ2n) is 5.64. The molecule has 22 heavy (non-hydrogen) atoms. The van der Waals surface area contributed by atoms with Crippen molar-refractivity contribution in [2.45, 2.75) is 26.7 Å². The van der Waals surface area contributed by atoms with E-state index in [2.05, 4.69) is 78.7 Å². The minimum absolute atomic E-state index is 0.975. The van der Waals surface area contributed by atoms with Gasteiger partial charge in [-0.25, -0.2) is 0 Å². The highest BCUT2D eigenvalue weighted by Gasteiger charge is 2.00. The molecule has 2 aromatic rings. The van der Waals surface area contributed by atoms with Crippen LogP contribution in [0.4, 0.5) is 5.69 Å². The van der Waals surface area contributed by atoms with Crippen molar-refractivity contribution >= 4 is 5.69 Å². The Morgan fingerprint density at radius 3 is 2.05 bits per heavy atom. The van der Waals surface area contributed by atoms with Crippen molar-refractivity contribution in [2.24, 2.45) is 0 Å². The number of rotatable bonds is 9. The summed E-state index contributed by atoms with van der Waals surface area (Å²) in [6.45, 7) is 8.84. The highest BCUT2D eigenvalue weighted by atomic mass is 15.1. The number of anilines is 1.